The first-order valence-corrected chi connectivity index (χ1v) is 32.3. The molecule has 8 aromatic rings. The van der Waals surface area contributed by atoms with E-state index in [9.17, 15) is 64.7 Å². The third-order valence-corrected chi connectivity index (χ3v) is 20.0. The summed E-state index contributed by atoms with van der Waals surface area (Å²) in [4.78, 5) is 99.9. The third kappa shape index (κ3) is 16.2. The van der Waals surface area contributed by atoms with Crippen LogP contribution in [0.15, 0.2) is 84.9 Å². The molecule has 0 spiro atoms. The van der Waals surface area contributed by atoms with Crippen LogP contribution in [0.4, 0.5) is 67.3 Å². The molecule has 0 bridgehead atoms. The molecule has 4 aliphatic carbocycles. The fourth-order valence-corrected chi connectivity index (χ4v) is 16.1. The summed E-state index contributed by atoms with van der Waals surface area (Å²) in [7, 11) is 0. The topological polar surface area (TPSA) is 313 Å². The van der Waals surface area contributed by atoms with Gasteiger partial charge in [-0.15, -0.1) is 45.3 Å². The number of aryl methyl sites for hydroxylation is 4. The van der Waals surface area contributed by atoms with Crippen molar-refractivity contribution in [2.24, 2.45) is 22.9 Å². The summed E-state index contributed by atoms with van der Waals surface area (Å²) in [6.07, 6.45) is 14.7. The average Bonchev–Trinajstić information content (AvgIpc) is 1.98. The van der Waals surface area contributed by atoms with Crippen molar-refractivity contribution in [3.05, 3.63) is 195 Å². The molecule has 4 heterocycles. The van der Waals surface area contributed by atoms with Crippen LogP contribution in [0.3, 0.4) is 0 Å². The number of primary amides is 4. The molecule has 0 radical (unpaired) electrons. The van der Waals surface area contributed by atoms with E-state index in [2.05, 4.69) is 31.9 Å². The lowest BCUT2D eigenvalue weighted by molar-refractivity contribution is 0.0989. The maximum Gasteiger partial charge on any atom is 0.324 e. The molecular formula is C64H60F6N10O8S4. The van der Waals surface area contributed by atoms with Crippen LogP contribution in [0, 0.1) is 34.9 Å². The third-order valence-electron chi connectivity index (χ3n) is 15.2. The van der Waals surface area contributed by atoms with Gasteiger partial charge in [0.15, 0.2) is 11.6 Å². The number of hydrogen-bond acceptors (Lipinski definition) is 12. The van der Waals surface area contributed by atoms with Crippen molar-refractivity contribution in [2.75, 3.05) is 31.9 Å². The maximum absolute atomic E-state index is 13.7. The summed E-state index contributed by atoms with van der Waals surface area (Å²) in [6.45, 7) is 0. The zero-order valence-corrected chi connectivity index (χ0v) is 52.1. The van der Waals surface area contributed by atoms with Crippen LogP contribution in [-0.4, -0.2) is 47.5 Å². The molecule has 4 aromatic heterocycles. The number of carbonyl (C=O) groups is 8. The first-order valence-electron chi connectivity index (χ1n) is 29.0. The number of nitrogens with two attached hydrogens (primary N) is 4. The Balaban J connectivity index is 0.000000145. The number of benzene rings is 4. The molecule has 12 rings (SSSR count). The zero-order chi connectivity index (χ0) is 65.9. The molecule has 0 saturated heterocycles. The minimum atomic E-state index is -1.06. The number of urea groups is 2. The Morgan fingerprint density at radius 1 is 0.326 bits per heavy atom. The first kappa shape index (κ1) is 67.0. The maximum atomic E-state index is 13.7. The normalized spacial score (nSPS) is 13.4. The number of amides is 10. The number of nitrogens with one attached hydrogen (secondary N) is 6. The summed E-state index contributed by atoms with van der Waals surface area (Å²) >= 11 is 5.38. The Kier molecular flexibility index (Phi) is 22.0. The van der Waals surface area contributed by atoms with E-state index in [4.69, 9.17) is 22.9 Å². The Hall–Kier alpha value is -9.38. The van der Waals surface area contributed by atoms with E-state index in [1.54, 1.807) is 0 Å². The van der Waals surface area contributed by atoms with Crippen LogP contribution in [-0.2, 0) is 51.4 Å². The molecule has 18 nitrogen and oxygen atoms in total. The second-order valence-corrected chi connectivity index (χ2v) is 25.8. The number of anilines is 6. The standard InChI is InChI=1S/C16H15F2N3O2S.C16H14F2N2O2S.C16H16FN3O2S.C16H15FN2O2S/c17-10-6-5-8(7-11(10)18)20-16(23)21-15-13(14(19)22)9-3-1-2-4-12(9)24-15;17-9-5-3-6-10(18)13(9)15(22)20-16-12(14(19)21)8-4-1-2-7-11(8)23-16;17-9-5-7-10(8-6-9)19-16(22)20-15-13(14(18)21)11-3-1-2-4-12(11)23-15;17-10-7-5-9(6-8-10)15(21)19-16-13(14(18)20)11-3-1-2-4-12(11)22-16/h5-7H,1-4H2,(H2,19,22)(H2,20,21,23);3,5-6H,1-2,4,7H2,(H2,19,21)(H,20,22);5-8H,1-4H2,(H2,18,21)(H2,19,20,22);5-8H,1-4H2,(H2,18,20)(H,19,21). The van der Waals surface area contributed by atoms with E-state index in [-0.39, 0.29) is 28.0 Å². The first-order chi connectivity index (χ1) is 44.0. The van der Waals surface area contributed by atoms with Crippen LogP contribution in [0.1, 0.15) is 155 Å². The molecule has 92 heavy (non-hydrogen) atoms. The summed E-state index contributed by atoms with van der Waals surface area (Å²) in [6, 6.07) is 15.8. The van der Waals surface area contributed by atoms with E-state index in [0.29, 0.717) is 49.4 Å². The van der Waals surface area contributed by atoms with Gasteiger partial charge in [0.25, 0.3) is 35.4 Å². The van der Waals surface area contributed by atoms with Gasteiger partial charge in [0.2, 0.25) is 0 Å². The zero-order valence-electron chi connectivity index (χ0n) is 48.9. The molecule has 0 atom stereocenters. The van der Waals surface area contributed by atoms with Crippen molar-refractivity contribution in [1.82, 2.24) is 0 Å². The lowest BCUT2D eigenvalue weighted by atomic mass is 9.95. The van der Waals surface area contributed by atoms with Gasteiger partial charge in [-0.2, -0.15) is 0 Å². The molecule has 4 aliphatic rings. The quantitative estimate of drug-likeness (QED) is 0.0523. The summed E-state index contributed by atoms with van der Waals surface area (Å²) in [5, 5.41) is 17.1. The molecule has 0 saturated carbocycles. The second-order valence-electron chi connectivity index (χ2n) is 21.4. The van der Waals surface area contributed by atoms with Crippen molar-refractivity contribution in [1.29, 1.82) is 0 Å². The van der Waals surface area contributed by atoms with Crippen LogP contribution in [0.25, 0.3) is 0 Å². The fourth-order valence-electron chi connectivity index (χ4n) is 11.0. The van der Waals surface area contributed by atoms with Gasteiger partial charge >= 0.3 is 12.1 Å². The minimum Gasteiger partial charge on any atom is -0.365 e. The van der Waals surface area contributed by atoms with E-state index in [1.807, 2.05) is 0 Å². The van der Waals surface area contributed by atoms with Crippen LogP contribution in [0.5, 0.6) is 0 Å². The van der Waals surface area contributed by atoms with Gasteiger partial charge in [0.05, 0.1) is 22.3 Å². The number of carbonyl (C=O) groups excluding carboxylic acids is 8. The van der Waals surface area contributed by atoms with E-state index < -0.39 is 76.2 Å². The van der Waals surface area contributed by atoms with Gasteiger partial charge in [-0.1, -0.05) is 6.07 Å². The minimum absolute atomic E-state index is 0.105. The van der Waals surface area contributed by atoms with E-state index >= 15 is 0 Å². The molecule has 0 aliphatic heterocycles. The van der Waals surface area contributed by atoms with Crippen LogP contribution in [0.2, 0.25) is 0 Å². The van der Waals surface area contributed by atoms with Crippen molar-refractivity contribution in [3.63, 3.8) is 0 Å². The number of fused-ring (bicyclic) bond motifs is 4. The van der Waals surface area contributed by atoms with E-state index in [0.717, 1.165) is 162 Å². The molecule has 28 heteroatoms. The lowest BCUT2D eigenvalue weighted by Gasteiger charge is -2.11. The van der Waals surface area contributed by atoms with E-state index in [1.165, 1.54) is 106 Å². The van der Waals surface area contributed by atoms with Gasteiger partial charge in [-0.25, -0.2) is 35.9 Å². The SMILES string of the molecule is NC(=O)c1c(NC(=O)Nc2ccc(F)c(F)c2)sc2c1CCCC2.NC(=O)c1c(NC(=O)Nc2ccc(F)cc2)sc2c1CCCC2.NC(=O)c1c(NC(=O)c2c(F)cccc2F)sc2c1CCCC2.NC(=O)c1c(NC(=O)c2ccc(F)cc2)sc2c1CCCC2. The fraction of sp³-hybridized carbons (Fsp3) is 0.250. The van der Waals surface area contributed by atoms with Gasteiger partial charge in [-0.3, -0.25) is 39.4 Å². The van der Waals surface area contributed by atoms with Crippen molar-refractivity contribution in [3.8, 4) is 0 Å². The summed E-state index contributed by atoms with van der Waals surface area (Å²) < 4.78 is 79.3. The van der Waals surface area contributed by atoms with Crippen molar-refractivity contribution in [2.45, 2.75) is 103 Å². The number of hydrogen-bond donors (Lipinski definition) is 10. The second kappa shape index (κ2) is 30.2. The van der Waals surface area contributed by atoms with Crippen LogP contribution < -0.4 is 54.8 Å². The highest BCUT2D eigenvalue weighted by molar-refractivity contribution is 7.18. The summed E-state index contributed by atoms with van der Waals surface area (Å²) in [5.41, 5.74) is 27.2. The number of thiophene rings is 4. The number of halogens is 6. The number of rotatable bonds is 12. The molecule has 0 unspecified atom stereocenters. The van der Waals surface area contributed by atoms with Gasteiger partial charge in [0, 0.05) is 42.5 Å². The Bertz CT molecular complexity index is 4150. The van der Waals surface area contributed by atoms with Crippen LogP contribution >= 0.6 is 45.3 Å². The smallest absolute Gasteiger partial charge is 0.324 e. The molecule has 10 amide bonds. The highest BCUT2D eigenvalue weighted by Crippen LogP contribution is 2.42. The summed E-state index contributed by atoms with van der Waals surface area (Å²) in [5.74, 6) is -8.32. The molecule has 480 valence electrons. The molecular weight excluding hydrogens is 1280 g/mol. The van der Waals surface area contributed by atoms with Crippen molar-refractivity contribution >= 4 is 124 Å². The van der Waals surface area contributed by atoms with Gasteiger partial charge in [0.1, 0.15) is 48.8 Å². The van der Waals surface area contributed by atoms with Crippen molar-refractivity contribution < 1.29 is 64.7 Å². The van der Waals surface area contributed by atoms with Gasteiger partial charge in [-0.05, 0) is 198 Å². The monoisotopic (exact) mass is 1340 g/mol. The highest BCUT2D eigenvalue weighted by Gasteiger charge is 2.30. The average molecular weight is 1340 g/mol. The Morgan fingerprint density at radius 3 is 1.02 bits per heavy atom. The molecule has 0 fully saturated rings. The van der Waals surface area contributed by atoms with Gasteiger partial charge < -0.3 is 44.2 Å². The molecule has 14 N–H and O–H groups in total. The lowest BCUT2D eigenvalue weighted by Crippen LogP contribution is -2.22. The predicted molar refractivity (Wildman–Crippen MR) is 345 cm³/mol. The largest absolute Gasteiger partial charge is 0.365 e. The Morgan fingerprint density at radius 2 is 0.652 bits per heavy atom. The molecule has 4 aromatic carbocycles. The predicted octanol–water partition coefficient (Wildman–Crippen LogP) is 13.5. The highest BCUT2D eigenvalue weighted by atomic mass is 32.1. The Labute approximate surface area is 538 Å².